The number of rotatable bonds is 6. The normalized spacial score (nSPS) is 10.6. The van der Waals surface area contributed by atoms with E-state index in [2.05, 4.69) is 36.5 Å². The van der Waals surface area contributed by atoms with E-state index in [1.165, 1.54) is 18.1 Å². The molecule has 9 heteroatoms. The van der Waals surface area contributed by atoms with Gasteiger partial charge < -0.3 is 10.6 Å². The van der Waals surface area contributed by atoms with Gasteiger partial charge in [-0.05, 0) is 39.5 Å². The fraction of sp³-hybridized carbons (Fsp3) is 0.125. The van der Waals surface area contributed by atoms with Crippen LogP contribution < -0.4 is 10.6 Å². The zero-order valence-electron chi connectivity index (χ0n) is 12.9. The average molecular weight is 437 g/mol. The van der Waals surface area contributed by atoms with Gasteiger partial charge in [-0.25, -0.2) is 9.97 Å². The number of fused-ring (bicyclic) bond motifs is 1. The molecule has 0 saturated heterocycles. The van der Waals surface area contributed by atoms with Crippen LogP contribution in [0.15, 0.2) is 51.5 Å². The first-order valence-corrected chi connectivity index (χ1v) is 9.91. The van der Waals surface area contributed by atoms with Crippen LogP contribution in [0.2, 0.25) is 0 Å². The van der Waals surface area contributed by atoms with Crippen LogP contribution >= 0.6 is 39.0 Å². The van der Waals surface area contributed by atoms with Crippen LogP contribution in [0.5, 0.6) is 0 Å². The van der Waals surface area contributed by atoms with Crippen molar-refractivity contribution in [2.45, 2.75) is 5.03 Å². The van der Waals surface area contributed by atoms with Crippen molar-refractivity contribution in [2.24, 2.45) is 0 Å². The van der Waals surface area contributed by atoms with E-state index in [-0.39, 0.29) is 24.1 Å². The number of amides is 2. The first-order chi connectivity index (χ1) is 12.1. The van der Waals surface area contributed by atoms with Gasteiger partial charge in [0.05, 0.1) is 28.2 Å². The molecule has 0 unspecified atom stereocenters. The van der Waals surface area contributed by atoms with Crippen LogP contribution in [0.4, 0.5) is 5.69 Å². The maximum absolute atomic E-state index is 12.0. The number of halogens is 1. The Morgan fingerprint density at radius 1 is 1.16 bits per heavy atom. The highest BCUT2D eigenvalue weighted by molar-refractivity contribution is 9.10. The molecule has 0 bridgehead atoms. The molecule has 0 radical (unpaired) electrons. The topological polar surface area (TPSA) is 84.0 Å². The van der Waals surface area contributed by atoms with Crippen LogP contribution in [0, 0.1) is 0 Å². The second-order valence-electron chi connectivity index (χ2n) is 4.91. The molecule has 2 amide bonds. The highest BCUT2D eigenvalue weighted by Crippen LogP contribution is 2.28. The van der Waals surface area contributed by atoms with E-state index < -0.39 is 0 Å². The molecule has 0 aliphatic heterocycles. The van der Waals surface area contributed by atoms with Crippen LogP contribution in [-0.2, 0) is 9.59 Å². The quantitative estimate of drug-likeness (QED) is 0.457. The predicted octanol–water partition coefficient (Wildman–Crippen LogP) is 3.30. The highest BCUT2D eigenvalue weighted by Gasteiger charge is 2.10. The van der Waals surface area contributed by atoms with Gasteiger partial charge in [-0.2, -0.15) is 0 Å². The minimum atomic E-state index is -0.284. The number of thioether (sulfide) groups is 1. The molecule has 2 N–H and O–H groups in total. The van der Waals surface area contributed by atoms with Crippen molar-refractivity contribution in [1.82, 2.24) is 15.3 Å². The molecule has 0 aliphatic carbocycles. The SMILES string of the molecule is O=C(CSc1ncnc2ccsc12)NCC(=O)Nc1ccccc1Br. The molecule has 2 aromatic heterocycles. The molecule has 3 rings (SSSR count). The highest BCUT2D eigenvalue weighted by atomic mass is 79.9. The fourth-order valence-corrected chi connectivity index (χ4v) is 4.15. The van der Waals surface area contributed by atoms with Crippen LogP contribution in [-0.4, -0.2) is 34.1 Å². The van der Waals surface area contributed by atoms with E-state index in [0.717, 1.165) is 19.7 Å². The van der Waals surface area contributed by atoms with E-state index in [1.807, 2.05) is 29.6 Å². The van der Waals surface area contributed by atoms with E-state index >= 15 is 0 Å². The number of benzene rings is 1. The molecule has 0 atom stereocenters. The molecule has 0 saturated carbocycles. The van der Waals surface area contributed by atoms with E-state index in [4.69, 9.17) is 0 Å². The zero-order valence-corrected chi connectivity index (χ0v) is 16.1. The lowest BCUT2D eigenvalue weighted by Crippen LogP contribution is -2.33. The molecule has 1 aromatic carbocycles. The summed E-state index contributed by atoms with van der Waals surface area (Å²) in [6.07, 6.45) is 1.49. The van der Waals surface area contributed by atoms with Gasteiger partial charge >= 0.3 is 0 Å². The molecule has 6 nitrogen and oxygen atoms in total. The Morgan fingerprint density at radius 2 is 2.00 bits per heavy atom. The standard InChI is InChI=1S/C16H13BrN4O2S2/c17-10-3-1-2-4-11(10)21-13(22)7-18-14(23)8-25-16-15-12(5-6-24-15)19-9-20-16/h1-6,9H,7-8H2,(H,18,23)(H,21,22). The predicted molar refractivity (Wildman–Crippen MR) is 104 cm³/mol. The van der Waals surface area contributed by atoms with E-state index in [9.17, 15) is 9.59 Å². The number of carbonyl (C=O) groups excluding carboxylic acids is 2. The van der Waals surface area contributed by atoms with Gasteiger partial charge in [-0.3, -0.25) is 9.59 Å². The third kappa shape index (κ3) is 4.77. The summed E-state index contributed by atoms with van der Waals surface area (Å²) in [6, 6.07) is 9.20. The minimum Gasteiger partial charge on any atom is -0.346 e. The maximum atomic E-state index is 12.0. The van der Waals surface area contributed by atoms with Crippen molar-refractivity contribution in [3.05, 3.63) is 46.5 Å². The summed E-state index contributed by atoms with van der Waals surface area (Å²) in [5.74, 6) is -0.324. The summed E-state index contributed by atoms with van der Waals surface area (Å²) in [4.78, 5) is 32.2. The van der Waals surface area contributed by atoms with Crippen LogP contribution in [0.25, 0.3) is 10.2 Å². The molecule has 3 aromatic rings. The molecule has 0 aliphatic rings. The van der Waals surface area contributed by atoms with Crippen LogP contribution in [0.3, 0.4) is 0 Å². The van der Waals surface area contributed by atoms with Crippen LogP contribution in [0.1, 0.15) is 0 Å². The van der Waals surface area contributed by atoms with Crippen molar-refractivity contribution in [3.63, 3.8) is 0 Å². The second-order valence-corrected chi connectivity index (χ2v) is 7.64. The number of aromatic nitrogens is 2. The first-order valence-electron chi connectivity index (χ1n) is 7.25. The second kappa shape index (κ2) is 8.41. The lowest BCUT2D eigenvalue weighted by Gasteiger charge is -2.08. The summed E-state index contributed by atoms with van der Waals surface area (Å²) in [7, 11) is 0. The number of nitrogens with zero attached hydrogens (tertiary/aromatic N) is 2. The van der Waals surface area contributed by atoms with Crippen molar-refractivity contribution in [1.29, 1.82) is 0 Å². The summed E-state index contributed by atoms with van der Waals surface area (Å²) in [5, 5.41) is 8.05. The molecular formula is C16H13BrN4O2S2. The van der Waals surface area contributed by atoms with Gasteiger partial charge in [-0.15, -0.1) is 11.3 Å². The molecule has 2 heterocycles. The van der Waals surface area contributed by atoms with Gasteiger partial charge in [0.1, 0.15) is 11.4 Å². The molecule has 0 spiro atoms. The molecule has 25 heavy (non-hydrogen) atoms. The summed E-state index contributed by atoms with van der Waals surface area (Å²) >= 11 is 6.22. The number of carbonyl (C=O) groups is 2. The van der Waals surface area contributed by atoms with Crippen molar-refractivity contribution < 1.29 is 9.59 Å². The number of anilines is 1. The van der Waals surface area contributed by atoms with Gasteiger partial charge in [0, 0.05) is 4.47 Å². The Labute approximate surface area is 160 Å². The van der Waals surface area contributed by atoms with Crippen molar-refractivity contribution in [2.75, 3.05) is 17.6 Å². The molecule has 128 valence electrons. The lowest BCUT2D eigenvalue weighted by molar-refractivity contribution is -0.122. The molecular weight excluding hydrogens is 424 g/mol. The van der Waals surface area contributed by atoms with Gasteiger partial charge in [0.25, 0.3) is 0 Å². The number of hydrogen-bond donors (Lipinski definition) is 2. The lowest BCUT2D eigenvalue weighted by atomic mass is 10.3. The average Bonchev–Trinajstić information content (AvgIpc) is 3.09. The third-order valence-electron chi connectivity index (χ3n) is 3.14. The smallest absolute Gasteiger partial charge is 0.243 e. The van der Waals surface area contributed by atoms with Crippen molar-refractivity contribution >= 4 is 66.7 Å². The Bertz CT molecular complexity index is 916. The Hall–Kier alpha value is -1.97. The number of hydrogen-bond acceptors (Lipinski definition) is 6. The van der Waals surface area contributed by atoms with Gasteiger partial charge in [0.2, 0.25) is 11.8 Å². The monoisotopic (exact) mass is 436 g/mol. The number of para-hydroxylation sites is 1. The molecule has 0 fully saturated rings. The van der Waals surface area contributed by atoms with Crippen molar-refractivity contribution in [3.8, 4) is 0 Å². The van der Waals surface area contributed by atoms with Gasteiger partial charge in [-0.1, -0.05) is 23.9 Å². The maximum Gasteiger partial charge on any atom is 0.243 e. The number of thiophene rings is 1. The Kier molecular flexibility index (Phi) is 6.00. The third-order valence-corrected chi connectivity index (χ3v) is 5.87. The van der Waals surface area contributed by atoms with E-state index in [0.29, 0.717) is 5.69 Å². The number of nitrogens with one attached hydrogen (secondary N) is 2. The largest absolute Gasteiger partial charge is 0.346 e. The Morgan fingerprint density at radius 3 is 2.84 bits per heavy atom. The zero-order chi connectivity index (χ0) is 17.6. The minimum absolute atomic E-state index is 0.0844. The summed E-state index contributed by atoms with van der Waals surface area (Å²) in [6.45, 7) is -0.0844. The summed E-state index contributed by atoms with van der Waals surface area (Å²) < 4.78 is 1.75. The Balaban J connectivity index is 1.47. The fourth-order valence-electron chi connectivity index (χ4n) is 1.99. The first kappa shape index (κ1) is 17.8. The van der Waals surface area contributed by atoms with E-state index in [1.54, 1.807) is 17.4 Å². The summed E-state index contributed by atoms with van der Waals surface area (Å²) in [5.41, 5.74) is 1.54. The van der Waals surface area contributed by atoms with Gasteiger partial charge in [0.15, 0.2) is 0 Å².